The second-order valence-corrected chi connectivity index (χ2v) is 9.30. The van der Waals surface area contributed by atoms with Crippen LogP contribution in [0.4, 0.5) is 0 Å². The predicted molar refractivity (Wildman–Crippen MR) is 148 cm³/mol. The highest BCUT2D eigenvalue weighted by Gasteiger charge is 2.08. The van der Waals surface area contributed by atoms with Crippen molar-refractivity contribution < 1.29 is 4.79 Å². The predicted octanol–water partition coefficient (Wildman–Crippen LogP) is 6.15. The second-order valence-electron chi connectivity index (χ2n) is 9.30. The van der Waals surface area contributed by atoms with Gasteiger partial charge in [-0.2, -0.15) is 0 Å². The number of aromatic amines is 1. The van der Waals surface area contributed by atoms with E-state index in [9.17, 15) is 4.79 Å². The number of fused-ring (bicyclic) bond motifs is 1. The average Bonchev–Trinajstić information content (AvgIpc) is 3.19. The van der Waals surface area contributed by atoms with Crippen LogP contribution in [-0.2, 0) is 17.8 Å². The number of nitrogens with one attached hydrogen (secondary N) is 3. The molecule has 35 heavy (non-hydrogen) atoms. The highest BCUT2D eigenvalue weighted by Crippen LogP contribution is 2.22. The van der Waals surface area contributed by atoms with Crippen LogP contribution in [0.5, 0.6) is 0 Å². The van der Waals surface area contributed by atoms with Gasteiger partial charge in [0.1, 0.15) is 0 Å². The van der Waals surface area contributed by atoms with E-state index in [0.29, 0.717) is 0 Å². The van der Waals surface area contributed by atoms with E-state index in [4.69, 9.17) is 0 Å². The van der Waals surface area contributed by atoms with Crippen molar-refractivity contribution >= 4 is 22.9 Å². The van der Waals surface area contributed by atoms with Gasteiger partial charge in [-0.3, -0.25) is 10.2 Å². The minimum atomic E-state index is -0.0627. The first-order valence-electron chi connectivity index (χ1n) is 13.2. The van der Waals surface area contributed by atoms with Crippen molar-refractivity contribution in [2.24, 2.45) is 0 Å². The van der Waals surface area contributed by atoms with Crippen LogP contribution >= 0.6 is 0 Å². The minimum Gasteiger partial charge on any atom is -0.358 e. The van der Waals surface area contributed by atoms with Gasteiger partial charge in [0.15, 0.2) is 0 Å². The fraction of sp³-hybridized carbons (Fsp3) is 0.433. The van der Waals surface area contributed by atoms with E-state index < -0.39 is 0 Å². The van der Waals surface area contributed by atoms with E-state index in [1.165, 1.54) is 47.0 Å². The number of carbonyl (C=O) groups is 1. The number of aromatic nitrogens is 1. The highest BCUT2D eigenvalue weighted by atomic mass is 16.2. The van der Waals surface area contributed by atoms with Crippen molar-refractivity contribution in [2.45, 2.75) is 65.8 Å². The second kappa shape index (κ2) is 14.5. The van der Waals surface area contributed by atoms with E-state index in [2.05, 4.69) is 90.0 Å². The van der Waals surface area contributed by atoms with Gasteiger partial charge in [0.2, 0.25) is 0 Å². The van der Waals surface area contributed by atoms with Gasteiger partial charge < -0.3 is 10.3 Å². The Morgan fingerprint density at radius 3 is 2.54 bits per heavy atom. The number of amides is 1. The lowest BCUT2D eigenvalue weighted by Gasteiger charge is -2.21. The molecular weight excluding hydrogens is 432 g/mol. The Balaban J connectivity index is 1.41. The maximum absolute atomic E-state index is 12.4. The molecule has 0 spiro atoms. The van der Waals surface area contributed by atoms with Crippen LogP contribution in [0.3, 0.4) is 0 Å². The van der Waals surface area contributed by atoms with Gasteiger partial charge in [0.05, 0.1) is 0 Å². The lowest BCUT2D eigenvalue weighted by molar-refractivity contribution is -0.121. The fourth-order valence-corrected chi connectivity index (χ4v) is 4.44. The molecule has 3 aromatic rings. The summed E-state index contributed by atoms with van der Waals surface area (Å²) in [6.45, 7) is 10.1. The summed E-state index contributed by atoms with van der Waals surface area (Å²) in [5.74, 6) is -0.0627. The van der Waals surface area contributed by atoms with Gasteiger partial charge >= 0.3 is 0 Å². The standard InChI is InChI=1S/C30H42N4O/c1-4-6-7-10-22-34(21-5-2)33-30(35)18-17-25-13-15-26(16-14-25)23-31-20-19-27-24(3)32-29-12-9-8-11-28(27)29/h8-9,11-18,31-32H,4-7,10,19-23H2,1-3H3,(H,33,35)/b18-17+. The third kappa shape index (κ3) is 8.68. The van der Waals surface area contributed by atoms with Crippen LogP contribution in [0, 0.1) is 6.92 Å². The van der Waals surface area contributed by atoms with E-state index in [1.807, 2.05) is 6.08 Å². The molecule has 3 N–H and O–H groups in total. The highest BCUT2D eigenvalue weighted by molar-refractivity contribution is 5.91. The van der Waals surface area contributed by atoms with Crippen LogP contribution in [-0.4, -0.2) is 35.5 Å². The molecule has 0 aliphatic heterocycles. The van der Waals surface area contributed by atoms with Crippen LogP contribution in [0.1, 0.15) is 68.3 Å². The summed E-state index contributed by atoms with van der Waals surface area (Å²) < 4.78 is 0. The Kier molecular flexibility index (Phi) is 11.1. The summed E-state index contributed by atoms with van der Waals surface area (Å²) in [6, 6.07) is 16.9. The van der Waals surface area contributed by atoms with Crippen LogP contribution in [0.25, 0.3) is 17.0 Å². The zero-order valence-corrected chi connectivity index (χ0v) is 21.7. The number of rotatable bonds is 15. The van der Waals surface area contributed by atoms with Crippen molar-refractivity contribution in [2.75, 3.05) is 19.6 Å². The normalized spacial score (nSPS) is 11.7. The quantitative estimate of drug-likeness (QED) is 0.141. The third-order valence-electron chi connectivity index (χ3n) is 6.36. The van der Waals surface area contributed by atoms with Crippen molar-refractivity contribution in [1.82, 2.24) is 20.7 Å². The Morgan fingerprint density at radius 2 is 1.77 bits per heavy atom. The summed E-state index contributed by atoms with van der Waals surface area (Å²) in [5.41, 5.74) is 9.16. The molecule has 5 heteroatoms. The number of aryl methyl sites for hydroxylation is 1. The number of nitrogens with zero attached hydrogens (tertiary/aromatic N) is 1. The SMILES string of the molecule is CCCCCCN(CCC)NC(=O)/C=C/c1ccc(CNCCc2c(C)[nH]c3ccccc23)cc1. The molecule has 0 bridgehead atoms. The molecule has 0 aliphatic rings. The molecular formula is C30H42N4O. The molecule has 0 fully saturated rings. The average molecular weight is 475 g/mol. The number of benzene rings is 2. The van der Waals surface area contributed by atoms with Gasteiger partial charge in [-0.05, 0) is 61.6 Å². The molecule has 0 aliphatic carbocycles. The number of carbonyl (C=O) groups excluding carboxylic acids is 1. The molecule has 1 heterocycles. The summed E-state index contributed by atoms with van der Waals surface area (Å²) in [6.07, 6.45) is 10.3. The Morgan fingerprint density at radius 1 is 0.971 bits per heavy atom. The zero-order chi connectivity index (χ0) is 24.9. The van der Waals surface area contributed by atoms with Crippen molar-refractivity contribution in [1.29, 1.82) is 0 Å². The zero-order valence-electron chi connectivity index (χ0n) is 21.7. The number of H-pyrrole nitrogens is 1. The van der Waals surface area contributed by atoms with Crippen LogP contribution < -0.4 is 10.7 Å². The maximum Gasteiger partial charge on any atom is 0.258 e. The van der Waals surface area contributed by atoms with Crippen LogP contribution in [0.15, 0.2) is 54.6 Å². The molecule has 0 atom stereocenters. The van der Waals surface area contributed by atoms with E-state index in [1.54, 1.807) is 6.08 Å². The first kappa shape index (κ1) is 26.7. The van der Waals surface area contributed by atoms with Crippen molar-refractivity contribution in [3.05, 3.63) is 77.0 Å². The van der Waals surface area contributed by atoms with Gasteiger partial charge in [-0.15, -0.1) is 0 Å². The largest absolute Gasteiger partial charge is 0.358 e. The molecule has 2 aromatic carbocycles. The van der Waals surface area contributed by atoms with Crippen molar-refractivity contribution in [3.8, 4) is 0 Å². The Labute approximate surface area is 211 Å². The molecule has 188 valence electrons. The molecule has 0 saturated heterocycles. The summed E-state index contributed by atoms with van der Waals surface area (Å²) >= 11 is 0. The number of hydrogen-bond acceptors (Lipinski definition) is 3. The summed E-state index contributed by atoms with van der Waals surface area (Å²) in [7, 11) is 0. The Hall–Kier alpha value is -2.89. The topological polar surface area (TPSA) is 60.2 Å². The number of hydrogen-bond donors (Lipinski definition) is 3. The maximum atomic E-state index is 12.4. The number of hydrazine groups is 1. The molecule has 3 rings (SSSR count). The lowest BCUT2D eigenvalue weighted by Crippen LogP contribution is -2.42. The molecule has 0 radical (unpaired) electrons. The van der Waals surface area contributed by atoms with E-state index in [0.717, 1.165) is 51.0 Å². The van der Waals surface area contributed by atoms with E-state index in [-0.39, 0.29) is 5.91 Å². The number of unbranched alkanes of at least 4 members (excludes halogenated alkanes) is 3. The first-order chi connectivity index (χ1) is 17.1. The molecule has 5 nitrogen and oxygen atoms in total. The minimum absolute atomic E-state index is 0.0627. The molecule has 1 aromatic heterocycles. The van der Waals surface area contributed by atoms with Gasteiger partial charge in [0.25, 0.3) is 5.91 Å². The monoisotopic (exact) mass is 474 g/mol. The lowest BCUT2D eigenvalue weighted by atomic mass is 10.1. The van der Waals surface area contributed by atoms with Gasteiger partial charge in [-0.1, -0.05) is 75.6 Å². The number of para-hydroxylation sites is 1. The van der Waals surface area contributed by atoms with Gasteiger partial charge in [0, 0.05) is 42.3 Å². The fourth-order valence-electron chi connectivity index (χ4n) is 4.44. The molecule has 0 saturated carbocycles. The summed E-state index contributed by atoms with van der Waals surface area (Å²) in [4.78, 5) is 15.9. The molecule has 1 amide bonds. The Bertz CT molecular complexity index is 1070. The summed E-state index contributed by atoms with van der Waals surface area (Å²) in [5, 5.41) is 6.93. The third-order valence-corrected chi connectivity index (χ3v) is 6.36. The smallest absolute Gasteiger partial charge is 0.258 e. The van der Waals surface area contributed by atoms with Gasteiger partial charge in [-0.25, -0.2) is 5.01 Å². The first-order valence-corrected chi connectivity index (χ1v) is 13.2. The molecule has 0 unspecified atom stereocenters. The van der Waals surface area contributed by atoms with Crippen LogP contribution in [0.2, 0.25) is 0 Å². The van der Waals surface area contributed by atoms with Crippen molar-refractivity contribution in [3.63, 3.8) is 0 Å². The van der Waals surface area contributed by atoms with E-state index >= 15 is 0 Å².